The minimum absolute atomic E-state index is 0.0370. The molecule has 58 valence electrons. The number of aliphatic hydroxyl groups excluding tert-OH is 1. The normalized spacial score (nSPS) is 9.70. The van der Waals surface area contributed by atoms with Crippen molar-refractivity contribution in [3.05, 3.63) is 12.3 Å². The van der Waals surface area contributed by atoms with Crippen LogP contribution in [0, 0.1) is 0 Å². The Balaban J connectivity index is 3.21. The average molecular weight is 146 g/mol. The van der Waals surface area contributed by atoms with Gasteiger partial charge in [0.05, 0.1) is 12.9 Å². The molecule has 0 unspecified atom stereocenters. The maximum absolute atomic E-state index is 10.4. The molecule has 4 nitrogen and oxygen atoms in total. The van der Waals surface area contributed by atoms with Gasteiger partial charge < -0.3 is 14.6 Å². The van der Waals surface area contributed by atoms with Crippen molar-refractivity contribution in [1.82, 2.24) is 0 Å². The van der Waals surface area contributed by atoms with Gasteiger partial charge in [0.15, 0.2) is 0 Å². The summed E-state index contributed by atoms with van der Waals surface area (Å²) in [6.45, 7) is 2.01. The Morgan fingerprint density at radius 3 is 2.80 bits per heavy atom. The van der Waals surface area contributed by atoms with Crippen LogP contribution in [0.15, 0.2) is 12.3 Å². The van der Waals surface area contributed by atoms with Gasteiger partial charge in [0.25, 0.3) is 0 Å². The van der Waals surface area contributed by atoms with E-state index in [1.165, 1.54) is 6.08 Å². The second-order valence-corrected chi connectivity index (χ2v) is 1.38. The van der Waals surface area contributed by atoms with E-state index < -0.39 is 6.16 Å². The Kier molecular flexibility index (Phi) is 5.23. The van der Waals surface area contributed by atoms with E-state index >= 15 is 0 Å². The first kappa shape index (κ1) is 8.81. The molecule has 0 bridgehead atoms. The topological polar surface area (TPSA) is 55.8 Å². The number of hydrogen-bond donors (Lipinski definition) is 1. The maximum atomic E-state index is 10.4. The highest BCUT2D eigenvalue weighted by atomic mass is 16.7. The van der Waals surface area contributed by atoms with Gasteiger partial charge in [0, 0.05) is 0 Å². The van der Waals surface area contributed by atoms with Crippen LogP contribution in [0.4, 0.5) is 4.79 Å². The van der Waals surface area contributed by atoms with Crippen LogP contribution in [0.25, 0.3) is 0 Å². The molecule has 0 atom stereocenters. The fraction of sp³-hybridized carbons (Fsp3) is 0.500. The van der Waals surface area contributed by atoms with E-state index in [9.17, 15) is 4.79 Å². The zero-order chi connectivity index (χ0) is 7.82. The molecule has 1 N–H and O–H groups in total. The summed E-state index contributed by atoms with van der Waals surface area (Å²) < 4.78 is 8.83. The van der Waals surface area contributed by atoms with Crippen LogP contribution in [0.2, 0.25) is 0 Å². The number of rotatable bonds is 3. The van der Waals surface area contributed by atoms with E-state index in [1.54, 1.807) is 6.92 Å². The molecule has 0 aliphatic carbocycles. The molecular weight excluding hydrogens is 136 g/mol. The van der Waals surface area contributed by atoms with Crippen molar-refractivity contribution in [2.24, 2.45) is 0 Å². The van der Waals surface area contributed by atoms with E-state index in [0.29, 0.717) is 6.61 Å². The van der Waals surface area contributed by atoms with Crippen LogP contribution in [0.1, 0.15) is 6.92 Å². The molecule has 0 aliphatic rings. The fourth-order valence-electron chi connectivity index (χ4n) is 0.319. The van der Waals surface area contributed by atoms with Gasteiger partial charge in [-0.05, 0) is 13.0 Å². The molecule has 0 heterocycles. The number of carbonyl (C=O) groups is 1. The quantitative estimate of drug-likeness (QED) is 0.480. The summed E-state index contributed by atoms with van der Waals surface area (Å²) in [5.41, 5.74) is 0. The highest BCUT2D eigenvalue weighted by Crippen LogP contribution is 1.84. The summed E-state index contributed by atoms with van der Waals surface area (Å²) in [5.74, 6) is 0. The highest BCUT2D eigenvalue weighted by molar-refractivity contribution is 5.59. The Morgan fingerprint density at radius 2 is 2.30 bits per heavy atom. The Labute approximate surface area is 59.1 Å². The van der Waals surface area contributed by atoms with Crippen LogP contribution in [-0.4, -0.2) is 24.5 Å². The molecule has 10 heavy (non-hydrogen) atoms. The van der Waals surface area contributed by atoms with Gasteiger partial charge in [-0.15, -0.1) is 0 Å². The standard InChI is InChI=1S/C6H10O4/c1-2-9-6(8)10-5-3-4-7/h3-4,7H,2,5H2,1H3. The fourth-order valence-corrected chi connectivity index (χ4v) is 0.319. The van der Waals surface area contributed by atoms with Crippen LogP contribution >= 0.6 is 0 Å². The predicted molar refractivity (Wildman–Crippen MR) is 34.7 cm³/mol. The number of carbonyl (C=O) groups excluding carboxylic acids is 1. The molecule has 0 fully saturated rings. The zero-order valence-electron chi connectivity index (χ0n) is 5.74. The van der Waals surface area contributed by atoms with Crippen molar-refractivity contribution < 1.29 is 19.4 Å². The van der Waals surface area contributed by atoms with Gasteiger partial charge in [0.1, 0.15) is 6.61 Å². The molecule has 0 aromatic carbocycles. The average Bonchev–Trinajstić information content (AvgIpc) is 1.89. The van der Waals surface area contributed by atoms with Crippen LogP contribution < -0.4 is 0 Å². The minimum atomic E-state index is -0.722. The lowest BCUT2D eigenvalue weighted by Gasteiger charge is -1.99. The second-order valence-electron chi connectivity index (χ2n) is 1.38. The molecule has 0 spiro atoms. The lowest BCUT2D eigenvalue weighted by Crippen LogP contribution is -2.06. The van der Waals surface area contributed by atoms with Gasteiger partial charge >= 0.3 is 6.16 Å². The summed E-state index contributed by atoms with van der Waals surface area (Å²) in [5, 5.41) is 8.10. The molecule has 0 amide bonds. The van der Waals surface area contributed by atoms with Gasteiger partial charge in [-0.2, -0.15) is 0 Å². The minimum Gasteiger partial charge on any atom is -0.516 e. The van der Waals surface area contributed by atoms with E-state index in [1.807, 2.05) is 0 Å². The smallest absolute Gasteiger partial charge is 0.508 e. The van der Waals surface area contributed by atoms with Crippen molar-refractivity contribution in [2.75, 3.05) is 13.2 Å². The van der Waals surface area contributed by atoms with Gasteiger partial charge in [-0.25, -0.2) is 4.79 Å². The van der Waals surface area contributed by atoms with Crippen LogP contribution in [0.3, 0.4) is 0 Å². The van der Waals surface area contributed by atoms with E-state index in [4.69, 9.17) is 5.11 Å². The van der Waals surface area contributed by atoms with E-state index in [0.717, 1.165) is 6.26 Å². The van der Waals surface area contributed by atoms with Crippen molar-refractivity contribution >= 4 is 6.16 Å². The first-order valence-electron chi connectivity index (χ1n) is 2.90. The number of aliphatic hydroxyl groups is 1. The lowest BCUT2D eigenvalue weighted by atomic mass is 10.7. The Morgan fingerprint density at radius 1 is 1.60 bits per heavy atom. The van der Waals surface area contributed by atoms with Gasteiger partial charge in [0.2, 0.25) is 0 Å². The van der Waals surface area contributed by atoms with E-state index in [-0.39, 0.29) is 6.61 Å². The summed E-state index contributed by atoms with van der Waals surface area (Å²) >= 11 is 0. The van der Waals surface area contributed by atoms with Crippen molar-refractivity contribution in [3.8, 4) is 0 Å². The first-order valence-corrected chi connectivity index (χ1v) is 2.90. The molecule has 0 aromatic rings. The van der Waals surface area contributed by atoms with Crippen molar-refractivity contribution in [3.63, 3.8) is 0 Å². The largest absolute Gasteiger partial charge is 0.516 e. The molecule has 0 aromatic heterocycles. The van der Waals surface area contributed by atoms with Crippen LogP contribution in [-0.2, 0) is 9.47 Å². The van der Waals surface area contributed by atoms with Crippen molar-refractivity contribution in [2.45, 2.75) is 6.92 Å². The predicted octanol–water partition coefficient (Wildman–Crippen LogP) is 1.23. The first-order chi connectivity index (χ1) is 4.81. The highest BCUT2D eigenvalue weighted by Gasteiger charge is 1.97. The number of ether oxygens (including phenoxy) is 2. The van der Waals surface area contributed by atoms with Crippen molar-refractivity contribution in [1.29, 1.82) is 0 Å². The summed E-state index contributed by atoms with van der Waals surface area (Å²) in [6.07, 6.45) is 1.37. The molecule has 0 saturated carbocycles. The Bertz CT molecular complexity index is 119. The van der Waals surface area contributed by atoms with Gasteiger partial charge in [-0.3, -0.25) is 0 Å². The third kappa shape index (κ3) is 4.96. The molecule has 4 heteroatoms. The summed E-state index contributed by atoms with van der Waals surface area (Å²) in [4.78, 5) is 10.4. The number of hydrogen-bond acceptors (Lipinski definition) is 4. The molecule has 0 radical (unpaired) electrons. The Hall–Kier alpha value is -1.19. The molecule has 0 aliphatic heterocycles. The SMILES string of the molecule is CCOC(=O)OCC=CO. The van der Waals surface area contributed by atoms with E-state index in [2.05, 4.69) is 9.47 Å². The molecule has 0 saturated heterocycles. The third-order valence-corrected chi connectivity index (χ3v) is 0.665. The van der Waals surface area contributed by atoms with Gasteiger partial charge in [-0.1, -0.05) is 0 Å². The molecule has 0 rings (SSSR count). The lowest BCUT2D eigenvalue weighted by molar-refractivity contribution is 0.0671. The summed E-state index contributed by atoms with van der Waals surface area (Å²) in [6, 6.07) is 0. The van der Waals surface area contributed by atoms with Crippen LogP contribution in [0.5, 0.6) is 0 Å². The third-order valence-electron chi connectivity index (χ3n) is 0.665. The molecular formula is C6H10O4. The maximum Gasteiger partial charge on any atom is 0.508 e. The monoisotopic (exact) mass is 146 g/mol. The summed E-state index contributed by atoms with van der Waals surface area (Å²) in [7, 11) is 0. The zero-order valence-corrected chi connectivity index (χ0v) is 5.74. The second kappa shape index (κ2) is 5.94.